The molecule has 0 radical (unpaired) electrons. The summed E-state index contributed by atoms with van der Waals surface area (Å²) in [5, 5.41) is 16.8. The lowest BCUT2D eigenvalue weighted by molar-refractivity contribution is -0.128. The van der Waals surface area contributed by atoms with Gasteiger partial charge < -0.3 is 34.5 Å². The summed E-state index contributed by atoms with van der Waals surface area (Å²) < 4.78 is 61.8. The van der Waals surface area contributed by atoms with Crippen LogP contribution in [0.3, 0.4) is 0 Å². The van der Waals surface area contributed by atoms with E-state index < -0.39 is 23.3 Å². The zero-order valence-electron chi connectivity index (χ0n) is 54.7. The molecule has 0 aliphatic carbocycles. The molecule has 1 N–H and O–H groups in total. The van der Waals surface area contributed by atoms with Gasteiger partial charge >= 0.3 is 0 Å². The highest BCUT2D eigenvalue weighted by atomic mass is 35.5. The van der Waals surface area contributed by atoms with E-state index in [1.54, 1.807) is 61.9 Å². The van der Waals surface area contributed by atoms with Crippen LogP contribution in [0.1, 0.15) is 30.7 Å². The summed E-state index contributed by atoms with van der Waals surface area (Å²) in [5.41, 5.74) is 3.49. The number of aromatic nitrogens is 9. The molecule has 18 rings (SSSR count). The number of anilines is 3. The first kappa shape index (κ1) is 64.1. The Morgan fingerprint density at radius 1 is 0.475 bits per heavy atom. The summed E-state index contributed by atoms with van der Waals surface area (Å²) in [6, 6.07) is 31.5. The van der Waals surface area contributed by atoms with Crippen LogP contribution in [0.5, 0.6) is 5.75 Å². The molecule has 24 heteroatoms. The summed E-state index contributed by atoms with van der Waals surface area (Å²) in [7, 11) is 0. The highest BCUT2D eigenvalue weighted by Gasteiger charge is 2.52. The van der Waals surface area contributed by atoms with E-state index in [1.165, 1.54) is 36.9 Å². The molecule has 12 aromatic rings. The Morgan fingerprint density at radius 3 is 1.47 bits per heavy atom. The Bertz CT molecular complexity index is 5530. The molecular formula is C77H62ClF4N15O4. The number of phenolic OH excluding ortho intramolecular Hbond substituents is 1. The number of rotatable bonds is 9. The molecular weight excluding hydrogens is 1310 g/mol. The minimum atomic E-state index is -0.617. The third-order valence-corrected chi connectivity index (χ3v) is 21.1. The van der Waals surface area contributed by atoms with Gasteiger partial charge in [-0.2, -0.15) is 0 Å². The van der Waals surface area contributed by atoms with E-state index in [1.807, 2.05) is 82.3 Å². The monoisotopic (exact) mass is 1370 g/mol. The van der Waals surface area contributed by atoms with Crippen LogP contribution >= 0.6 is 11.6 Å². The maximum Gasteiger partial charge on any atom is 0.246 e. The van der Waals surface area contributed by atoms with E-state index in [9.17, 15) is 23.9 Å². The number of hydrogen-bond acceptors (Lipinski definition) is 16. The van der Waals surface area contributed by atoms with Gasteiger partial charge in [-0.1, -0.05) is 122 Å². The van der Waals surface area contributed by atoms with Crippen molar-refractivity contribution in [3.63, 3.8) is 0 Å². The van der Waals surface area contributed by atoms with Gasteiger partial charge in [0.1, 0.15) is 81.1 Å². The van der Waals surface area contributed by atoms with E-state index >= 15 is 13.2 Å². The minimum Gasteiger partial charge on any atom is -0.507 e. The fourth-order valence-corrected chi connectivity index (χ4v) is 16.1. The lowest BCUT2D eigenvalue weighted by Gasteiger charge is -2.47. The number of fused-ring (bicyclic) bond motifs is 9. The smallest absolute Gasteiger partial charge is 0.246 e. The Kier molecular flexibility index (Phi) is 16.1. The molecule has 0 spiro atoms. The van der Waals surface area contributed by atoms with Crippen molar-refractivity contribution < 1.29 is 37.1 Å². The largest absolute Gasteiger partial charge is 0.507 e. The average molecular weight is 1370 g/mol. The molecule has 0 bridgehead atoms. The molecule has 6 fully saturated rings. The van der Waals surface area contributed by atoms with Crippen LogP contribution in [0.25, 0.3) is 98.8 Å². The van der Waals surface area contributed by atoms with Crippen molar-refractivity contribution in [3.05, 3.63) is 212 Å². The van der Waals surface area contributed by atoms with Gasteiger partial charge in [0.2, 0.25) is 17.7 Å². The molecule has 0 saturated carbocycles. The van der Waals surface area contributed by atoms with Crippen LogP contribution in [0.15, 0.2) is 172 Å². The first-order valence-corrected chi connectivity index (χ1v) is 33.5. The van der Waals surface area contributed by atoms with Crippen LogP contribution in [0.4, 0.5) is 35.0 Å². The van der Waals surface area contributed by atoms with Crippen LogP contribution in [0.2, 0.25) is 5.02 Å². The first-order chi connectivity index (χ1) is 49.0. The number of phenols is 1. The minimum absolute atomic E-state index is 0.0440. The summed E-state index contributed by atoms with van der Waals surface area (Å²) in [6.07, 6.45) is 14.1. The summed E-state index contributed by atoms with van der Waals surface area (Å²) in [6.45, 7) is 18.4. The van der Waals surface area contributed by atoms with Crippen LogP contribution in [-0.4, -0.2) is 158 Å². The number of amides is 3. The number of halogens is 5. The number of likely N-dealkylation sites (tertiary alicyclic amines) is 3. The van der Waals surface area contributed by atoms with Crippen molar-refractivity contribution >= 4 is 112 Å². The highest BCUT2D eigenvalue weighted by Crippen LogP contribution is 2.46. The maximum atomic E-state index is 16.0. The zero-order valence-corrected chi connectivity index (χ0v) is 55.4. The molecule has 6 saturated heterocycles. The molecule has 6 aliphatic rings. The molecule has 3 amide bonds. The maximum absolute atomic E-state index is 16.0. The Balaban J connectivity index is 0.000000118. The van der Waals surface area contributed by atoms with Gasteiger partial charge in [-0.15, -0.1) is 0 Å². The van der Waals surface area contributed by atoms with Gasteiger partial charge in [0.05, 0.1) is 63.0 Å². The van der Waals surface area contributed by atoms with E-state index in [0.29, 0.717) is 106 Å². The number of carbonyl (C=O) groups excluding carboxylic acids is 3. The second-order valence-electron chi connectivity index (χ2n) is 25.9. The number of nitrogens with zero attached hydrogens (tertiary/aromatic N) is 15. The van der Waals surface area contributed by atoms with Crippen molar-refractivity contribution in [1.82, 2.24) is 59.6 Å². The lowest BCUT2D eigenvalue weighted by atomic mass is 9.96. The third-order valence-electron chi connectivity index (χ3n) is 20.8. The van der Waals surface area contributed by atoms with Crippen molar-refractivity contribution in [1.29, 1.82) is 0 Å². The predicted octanol–water partition coefficient (Wildman–Crippen LogP) is 13.0. The molecule has 6 aliphatic heterocycles. The number of benzene rings is 6. The van der Waals surface area contributed by atoms with Gasteiger partial charge in [0, 0.05) is 74.4 Å². The van der Waals surface area contributed by atoms with E-state index in [0.717, 1.165) is 46.5 Å². The van der Waals surface area contributed by atoms with Crippen molar-refractivity contribution in [2.75, 3.05) is 54.0 Å². The fraction of sp³-hybridized carbons (Fsp3) is 0.221. The lowest BCUT2D eigenvalue weighted by Crippen LogP contribution is -2.63. The molecule has 12 heterocycles. The van der Waals surface area contributed by atoms with Crippen molar-refractivity contribution in [3.8, 4) is 39.5 Å². The average Bonchev–Trinajstić information content (AvgIpc) is 1.72. The molecule has 6 aromatic heterocycles. The quantitative estimate of drug-likeness (QED) is 0.105. The van der Waals surface area contributed by atoms with Gasteiger partial charge in [-0.3, -0.25) is 29.3 Å². The van der Waals surface area contributed by atoms with Crippen LogP contribution in [0, 0.1) is 37.1 Å². The Morgan fingerprint density at radius 2 is 0.921 bits per heavy atom. The Labute approximate surface area is 580 Å². The molecule has 0 unspecified atom stereocenters. The van der Waals surface area contributed by atoms with Gasteiger partial charge in [0.25, 0.3) is 0 Å². The third kappa shape index (κ3) is 10.4. The number of carbonyl (C=O) groups is 3. The SMILES string of the molecule is C=CC(=O)N1CC[C@@H]2[C@H]1CN2c1nc(C)nc2c(F)c(-c3cccc4ccc(F)c(Cl)c34)ncc12.C=CC(=O)N1CC[C@@H]2[C@H]1CN2c1ncnc2c(F)c(-c3c(O)ccc4ccccc34)ncc12.C=CC(=O)N1CC[C@@H]2[C@H]1CN2c1ncnc2c(F)c(-c3cccc4cccc(C)c34)ncc12. The van der Waals surface area contributed by atoms with Gasteiger partial charge in [-0.05, 0) is 96.0 Å². The van der Waals surface area contributed by atoms with Crippen LogP contribution < -0.4 is 14.7 Å². The number of pyridine rings is 3. The summed E-state index contributed by atoms with van der Waals surface area (Å²) in [5.74, 6) is -0.188. The van der Waals surface area contributed by atoms with E-state index in [4.69, 9.17) is 11.6 Å². The number of aromatic hydroxyl groups is 1. The Hall–Kier alpha value is -11.6. The van der Waals surface area contributed by atoms with Crippen molar-refractivity contribution in [2.45, 2.75) is 69.4 Å². The van der Waals surface area contributed by atoms with Crippen molar-refractivity contribution in [2.24, 2.45) is 0 Å². The van der Waals surface area contributed by atoms with Crippen LogP contribution in [-0.2, 0) is 14.4 Å². The molecule has 101 heavy (non-hydrogen) atoms. The fourth-order valence-electron chi connectivity index (χ4n) is 15.8. The topological polar surface area (TPSA) is 207 Å². The zero-order chi connectivity index (χ0) is 69.8. The second-order valence-corrected chi connectivity index (χ2v) is 26.3. The summed E-state index contributed by atoms with van der Waals surface area (Å²) in [4.78, 5) is 87.9. The molecule has 6 aromatic carbocycles. The van der Waals surface area contributed by atoms with E-state index in [-0.39, 0.29) is 98.4 Å². The highest BCUT2D eigenvalue weighted by molar-refractivity contribution is 6.37. The standard InChI is InChI=1S/C26H20ClF2N5O.C26H22FN5O.C25H20FN5O2/c1-3-20(35)33-10-9-18-19(33)12-34(18)26-16-11-30-24(23(29)25(16)31-13(2)32-26)15-6-4-5-14-7-8-17(28)22(27)21(14)15;1-3-21(33)31-11-10-19-20(31)13-32(19)26-18-12-28-24(23(27)25(18)29-14-30-26)17-9-5-8-16-7-4-6-15(2)22(16)17;1-2-20(33)30-10-9-17-18(30)12-31(17)25-16-11-27-24(22(26)23(16)28-13-29-25)21-15-6-4-3-5-14(15)7-8-19(21)32/h3-8,11,18-19H,1,9-10,12H2,2H3;3-9,12,14,19-20H,1,10-11,13H2,2H3;2-8,11,13,17-18,32H,1,9-10,12H2/t18-,19-;19-,20-;17-,18-/m111/s1. The predicted molar refractivity (Wildman–Crippen MR) is 381 cm³/mol. The summed E-state index contributed by atoms with van der Waals surface area (Å²) >= 11 is 6.27. The molecule has 19 nitrogen and oxygen atoms in total. The van der Waals surface area contributed by atoms with E-state index in [2.05, 4.69) is 79.3 Å². The first-order valence-electron chi connectivity index (χ1n) is 33.1. The van der Waals surface area contributed by atoms with Gasteiger partial charge in [-0.25, -0.2) is 47.5 Å². The number of aryl methyl sites for hydroxylation is 2. The number of hydrogen-bond donors (Lipinski definition) is 1. The molecule has 504 valence electrons. The molecule has 6 atom stereocenters. The van der Waals surface area contributed by atoms with Gasteiger partial charge in [0.15, 0.2) is 17.5 Å². The normalized spacial score (nSPS) is 19.4. The second kappa shape index (κ2) is 25.3.